The van der Waals surface area contributed by atoms with Crippen LogP contribution in [0.4, 0.5) is 5.69 Å². The number of anilines is 1. The Balaban J connectivity index is 2.31. The van der Waals surface area contributed by atoms with E-state index in [9.17, 15) is 0 Å². The minimum atomic E-state index is 0.491. The van der Waals surface area contributed by atoms with E-state index in [0.29, 0.717) is 6.54 Å². The van der Waals surface area contributed by atoms with Gasteiger partial charge in [0.15, 0.2) is 0 Å². The molecule has 0 spiro atoms. The first-order valence-corrected chi connectivity index (χ1v) is 5.72. The number of hydrogen-bond acceptors (Lipinski definition) is 3. The Bertz CT molecular complexity index is 420. The normalized spacial score (nSPS) is 19.8. The molecule has 1 unspecified atom stereocenters. The molecule has 0 bridgehead atoms. The topological polar surface area (TPSA) is 53.0 Å². The van der Waals surface area contributed by atoms with Gasteiger partial charge in [-0.25, -0.2) is 0 Å². The SMILES string of the molecule is CC1CCN(c2ccc(CN)cc2C#N)C1. The Labute approximate surface area is 96.5 Å². The van der Waals surface area contributed by atoms with E-state index in [2.05, 4.69) is 17.9 Å². The van der Waals surface area contributed by atoms with Crippen LogP contribution in [0.5, 0.6) is 0 Å². The second kappa shape index (κ2) is 4.54. The molecule has 0 amide bonds. The lowest BCUT2D eigenvalue weighted by Crippen LogP contribution is -2.20. The van der Waals surface area contributed by atoms with Crippen LogP contribution >= 0.6 is 0 Å². The maximum Gasteiger partial charge on any atom is 0.101 e. The van der Waals surface area contributed by atoms with Gasteiger partial charge in [-0.05, 0) is 30.0 Å². The van der Waals surface area contributed by atoms with Crippen molar-refractivity contribution in [3.8, 4) is 6.07 Å². The maximum absolute atomic E-state index is 9.15. The third kappa shape index (κ3) is 2.02. The summed E-state index contributed by atoms with van der Waals surface area (Å²) in [5, 5.41) is 9.15. The van der Waals surface area contributed by atoms with Gasteiger partial charge in [0.1, 0.15) is 6.07 Å². The van der Waals surface area contributed by atoms with E-state index in [1.54, 1.807) is 0 Å². The standard InChI is InChI=1S/C13H17N3/c1-10-4-5-16(9-10)13-3-2-11(7-14)6-12(13)8-15/h2-3,6,10H,4-5,7,9,14H2,1H3. The van der Waals surface area contributed by atoms with Gasteiger partial charge in [-0.1, -0.05) is 13.0 Å². The summed E-state index contributed by atoms with van der Waals surface area (Å²) < 4.78 is 0. The smallest absolute Gasteiger partial charge is 0.101 e. The summed E-state index contributed by atoms with van der Waals surface area (Å²) in [6.07, 6.45) is 1.21. The lowest BCUT2D eigenvalue weighted by molar-refractivity contribution is 0.659. The van der Waals surface area contributed by atoms with Crippen molar-refractivity contribution in [1.82, 2.24) is 0 Å². The van der Waals surface area contributed by atoms with E-state index in [-0.39, 0.29) is 0 Å². The van der Waals surface area contributed by atoms with Gasteiger partial charge in [0.05, 0.1) is 11.3 Å². The summed E-state index contributed by atoms with van der Waals surface area (Å²) in [6, 6.07) is 8.21. The van der Waals surface area contributed by atoms with Crippen molar-refractivity contribution in [3.05, 3.63) is 29.3 Å². The van der Waals surface area contributed by atoms with Crippen molar-refractivity contribution in [3.63, 3.8) is 0 Å². The second-order valence-electron chi connectivity index (χ2n) is 4.51. The fraction of sp³-hybridized carbons (Fsp3) is 0.462. The zero-order chi connectivity index (χ0) is 11.5. The molecule has 1 aromatic carbocycles. The van der Waals surface area contributed by atoms with Gasteiger partial charge in [-0.15, -0.1) is 0 Å². The molecule has 1 aromatic rings. The van der Waals surface area contributed by atoms with Crippen LogP contribution in [-0.2, 0) is 6.54 Å². The van der Waals surface area contributed by atoms with Gasteiger partial charge >= 0.3 is 0 Å². The van der Waals surface area contributed by atoms with E-state index in [4.69, 9.17) is 11.0 Å². The van der Waals surface area contributed by atoms with E-state index < -0.39 is 0 Å². The summed E-state index contributed by atoms with van der Waals surface area (Å²) in [4.78, 5) is 2.30. The van der Waals surface area contributed by atoms with Crippen LogP contribution < -0.4 is 10.6 Å². The quantitative estimate of drug-likeness (QED) is 0.819. The monoisotopic (exact) mass is 215 g/mol. The Morgan fingerprint density at radius 2 is 2.38 bits per heavy atom. The lowest BCUT2D eigenvalue weighted by atomic mass is 10.1. The van der Waals surface area contributed by atoms with Crippen LogP contribution in [0, 0.1) is 17.2 Å². The minimum absolute atomic E-state index is 0.491. The molecule has 0 radical (unpaired) electrons. The number of nitriles is 1. The molecule has 1 fully saturated rings. The van der Waals surface area contributed by atoms with Gasteiger partial charge in [-0.2, -0.15) is 5.26 Å². The van der Waals surface area contributed by atoms with Gasteiger partial charge in [0.25, 0.3) is 0 Å². The lowest BCUT2D eigenvalue weighted by Gasteiger charge is -2.19. The highest BCUT2D eigenvalue weighted by molar-refractivity contribution is 5.61. The number of nitrogens with zero attached hydrogens (tertiary/aromatic N) is 2. The second-order valence-corrected chi connectivity index (χ2v) is 4.51. The highest BCUT2D eigenvalue weighted by Gasteiger charge is 2.20. The van der Waals surface area contributed by atoms with Gasteiger partial charge < -0.3 is 10.6 Å². The molecule has 1 aliphatic heterocycles. The summed E-state index contributed by atoms with van der Waals surface area (Å²) in [6.45, 7) is 4.85. The first-order chi connectivity index (χ1) is 7.74. The Morgan fingerprint density at radius 1 is 1.56 bits per heavy atom. The zero-order valence-electron chi connectivity index (χ0n) is 9.61. The largest absolute Gasteiger partial charge is 0.370 e. The molecule has 16 heavy (non-hydrogen) atoms. The van der Waals surface area contributed by atoms with Gasteiger partial charge in [0.2, 0.25) is 0 Å². The summed E-state index contributed by atoms with van der Waals surface area (Å²) in [7, 11) is 0. The number of rotatable bonds is 2. The molecule has 1 saturated heterocycles. The highest BCUT2D eigenvalue weighted by Crippen LogP contribution is 2.27. The Hall–Kier alpha value is -1.53. The first-order valence-electron chi connectivity index (χ1n) is 5.72. The third-order valence-corrected chi connectivity index (χ3v) is 3.18. The molecular formula is C13H17N3. The average molecular weight is 215 g/mol. The maximum atomic E-state index is 9.15. The van der Waals surface area contributed by atoms with Crippen LogP contribution in [0.15, 0.2) is 18.2 Å². The Morgan fingerprint density at radius 3 is 2.94 bits per heavy atom. The number of benzene rings is 1. The van der Waals surface area contributed by atoms with Crippen LogP contribution in [0.3, 0.4) is 0 Å². The van der Waals surface area contributed by atoms with Crippen molar-refractivity contribution in [1.29, 1.82) is 5.26 Å². The highest BCUT2D eigenvalue weighted by atomic mass is 15.1. The summed E-state index contributed by atoms with van der Waals surface area (Å²) in [5.41, 5.74) is 8.40. The molecule has 2 N–H and O–H groups in total. The predicted octanol–water partition coefficient (Wildman–Crippen LogP) is 1.86. The van der Waals surface area contributed by atoms with Crippen molar-refractivity contribution in [2.45, 2.75) is 19.9 Å². The van der Waals surface area contributed by atoms with Crippen LogP contribution in [0.2, 0.25) is 0 Å². The molecule has 0 aromatic heterocycles. The van der Waals surface area contributed by atoms with E-state index >= 15 is 0 Å². The number of hydrogen-bond donors (Lipinski definition) is 1. The molecule has 3 heteroatoms. The molecule has 0 saturated carbocycles. The zero-order valence-corrected chi connectivity index (χ0v) is 9.61. The van der Waals surface area contributed by atoms with E-state index in [1.165, 1.54) is 6.42 Å². The van der Waals surface area contributed by atoms with Crippen molar-refractivity contribution < 1.29 is 0 Å². The first kappa shape index (κ1) is 11.0. The molecule has 1 atom stereocenters. The van der Waals surface area contributed by atoms with Gasteiger partial charge in [-0.3, -0.25) is 0 Å². The van der Waals surface area contributed by atoms with Crippen LogP contribution in [-0.4, -0.2) is 13.1 Å². The molecule has 1 heterocycles. The molecule has 1 aliphatic rings. The number of nitrogens with two attached hydrogens (primary N) is 1. The average Bonchev–Trinajstić information content (AvgIpc) is 2.74. The summed E-state index contributed by atoms with van der Waals surface area (Å²) >= 11 is 0. The van der Waals surface area contributed by atoms with Crippen molar-refractivity contribution in [2.75, 3.05) is 18.0 Å². The molecule has 84 valence electrons. The fourth-order valence-corrected chi connectivity index (χ4v) is 2.23. The van der Waals surface area contributed by atoms with E-state index in [1.807, 2.05) is 18.2 Å². The summed E-state index contributed by atoms with van der Waals surface area (Å²) in [5.74, 6) is 0.723. The van der Waals surface area contributed by atoms with E-state index in [0.717, 1.165) is 35.8 Å². The van der Waals surface area contributed by atoms with Gasteiger partial charge in [0, 0.05) is 19.6 Å². The minimum Gasteiger partial charge on any atom is -0.370 e. The van der Waals surface area contributed by atoms with Crippen molar-refractivity contribution in [2.24, 2.45) is 11.7 Å². The van der Waals surface area contributed by atoms with Crippen LogP contribution in [0.1, 0.15) is 24.5 Å². The molecule has 2 rings (SSSR count). The van der Waals surface area contributed by atoms with Crippen LogP contribution in [0.25, 0.3) is 0 Å². The fourth-order valence-electron chi connectivity index (χ4n) is 2.23. The molecule has 0 aliphatic carbocycles. The molecule has 3 nitrogen and oxygen atoms in total. The van der Waals surface area contributed by atoms with Crippen molar-refractivity contribution >= 4 is 5.69 Å². The third-order valence-electron chi connectivity index (χ3n) is 3.18. The predicted molar refractivity (Wildman–Crippen MR) is 65.0 cm³/mol. The Kier molecular flexibility index (Phi) is 3.12. The molecular weight excluding hydrogens is 198 g/mol.